The molecule has 0 bridgehead atoms. The number of nitrogens with two attached hydrogens (primary N) is 1. The molecule has 21 heavy (non-hydrogen) atoms. The molecule has 0 fully saturated rings. The van der Waals surface area contributed by atoms with Gasteiger partial charge in [0.15, 0.2) is 5.76 Å². The van der Waals surface area contributed by atoms with Gasteiger partial charge in [-0.05, 0) is 36.8 Å². The van der Waals surface area contributed by atoms with E-state index in [-0.39, 0.29) is 11.4 Å². The van der Waals surface area contributed by atoms with Crippen LogP contribution in [0.25, 0.3) is 17.1 Å². The van der Waals surface area contributed by atoms with Gasteiger partial charge in [-0.25, -0.2) is 4.68 Å². The first-order valence-corrected chi connectivity index (χ1v) is 6.58. The average molecular weight is 299 g/mol. The number of aryl methyl sites for hydroxylation is 1. The van der Waals surface area contributed by atoms with Crippen LogP contribution in [0.5, 0.6) is 0 Å². The van der Waals surface area contributed by atoms with Gasteiger partial charge in [0.2, 0.25) is 0 Å². The van der Waals surface area contributed by atoms with E-state index >= 15 is 0 Å². The van der Waals surface area contributed by atoms with Gasteiger partial charge in [0.05, 0.1) is 12.0 Å². The fraction of sp³-hybridized carbons (Fsp3) is 0.0667. The number of nitrogen functional groups attached to an aromatic ring is 1. The van der Waals surface area contributed by atoms with E-state index in [4.69, 9.17) is 21.8 Å². The van der Waals surface area contributed by atoms with Crippen molar-refractivity contribution in [1.29, 1.82) is 5.26 Å². The molecule has 0 unspecified atom stereocenters. The second-order valence-electron chi connectivity index (χ2n) is 4.54. The Bertz CT molecular complexity index is 843. The monoisotopic (exact) mass is 298 g/mol. The molecule has 104 valence electrons. The third kappa shape index (κ3) is 2.16. The number of hydrogen-bond donors (Lipinski definition) is 1. The largest absolute Gasteiger partial charge is 0.463 e. The van der Waals surface area contributed by atoms with E-state index in [1.54, 1.807) is 24.3 Å². The Hall–Kier alpha value is -2.71. The van der Waals surface area contributed by atoms with E-state index in [1.807, 2.05) is 13.0 Å². The lowest BCUT2D eigenvalue weighted by molar-refractivity contribution is 0.579. The first-order valence-electron chi connectivity index (χ1n) is 6.21. The molecule has 2 aromatic heterocycles. The van der Waals surface area contributed by atoms with Crippen molar-refractivity contribution in [3.8, 4) is 23.2 Å². The molecule has 0 spiro atoms. The number of furan rings is 1. The zero-order valence-corrected chi connectivity index (χ0v) is 11.9. The third-order valence-electron chi connectivity index (χ3n) is 3.19. The predicted octanol–water partition coefficient (Wildman–Crippen LogP) is 3.55. The van der Waals surface area contributed by atoms with Crippen LogP contribution in [0.3, 0.4) is 0 Å². The quantitative estimate of drug-likeness (QED) is 0.784. The average Bonchev–Trinajstić information content (AvgIpc) is 3.09. The molecule has 1 aromatic carbocycles. The Morgan fingerprint density at radius 3 is 2.86 bits per heavy atom. The van der Waals surface area contributed by atoms with Gasteiger partial charge in [0, 0.05) is 5.02 Å². The Morgan fingerprint density at radius 2 is 2.19 bits per heavy atom. The molecule has 0 amide bonds. The van der Waals surface area contributed by atoms with Crippen molar-refractivity contribution in [1.82, 2.24) is 9.78 Å². The number of nitriles is 1. The van der Waals surface area contributed by atoms with Gasteiger partial charge in [-0.1, -0.05) is 17.7 Å². The molecule has 3 rings (SSSR count). The van der Waals surface area contributed by atoms with Crippen molar-refractivity contribution in [3.05, 3.63) is 52.7 Å². The summed E-state index contributed by atoms with van der Waals surface area (Å²) in [7, 11) is 0. The van der Waals surface area contributed by atoms with E-state index in [2.05, 4.69) is 11.2 Å². The molecule has 0 saturated carbocycles. The second-order valence-corrected chi connectivity index (χ2v) is 4.98. The smallest absolute Gasteiger partial charge is 0.155 e. The van der Waals surface area contributed by atoms with Crippen molar-refractivity contribution in [2.45, 2.75) is 6.92 Å². The van der Waals surface area contributed by atoms with Gasteiger partial charge in [-0.3, -0.25) is 0 Å². The number of rotatable bonds is 2. The van der Waals surface area contributed by atoms with Gasteiger partial charge < -0.3 is 10.2 Å². The zero-order chi connectivity index (χ0) is 15.0. The van der Waals surface area contributed by atoms with Crippen LogP contribution in [0.15, 0.2) is 41.0 Å². The summed E-state index contributed by atoms with van der Waals surface area (Å²) in [5.41, 5.74) is 8.44. The maximum atomic E-state index is 9.33. The summed E-state index contributed by atoms with van der Waals surface area (Å²) in [5, 5.41) is 14.3. The minimum absolute atomic E-state index is 0.259. The summed E-state index contributed by atoms with van der Waals surface area (Å²) in [5.74, 6) is 0.756. The van der Waals surface area contributed by atoms with Crippen LogP contribution >= 0.6 is 11.6 Å². The Kier molecular flexibility index (Phi) is 3.16. The third-order valence-corrected chi connectivity index (χ3v) is 3.42. The van der Waals surface area contributed by atoms with Crippen LogP contribution in [-0.2, 0) is 0 Å². The van der Waals surface area contributed by atoms with E-state index in [9.17, 15) is 5.26 Å². The van der Waals surface area contributed by atoms with Crippen molar-refractivity contribution in [3.63, 3.8) is 0 Å². The topological polar surface area (TPSA) is 80.8 Å². The molecule has 2 heterocycles. The minimum Gasteiger partial charge on any atom is -0.463 e. The van der Waals surface area contributed by atoms with Crippen LogP contribution in [0.4, 0.5) is 5.82 Å². The number of nitrogens with zero attached hydrogens (tertiary/aromatic N) is 3. The number of halogens is 1. The molecule has 2 N–H and O–H groups in total. The molecule has 0 aliphatic carbocycles. The van der Waals surface area contributed by atoms with Gasteiger partial charge >= 0.3 is 0 Å². The Morgan fingerprint density at radius 1 is 1.38 bits per heavy atom. The summed E-state index contributed by atoms with van der Waals surface area (Å²) in [6, 6.07) is 11.0. The highest BCUT2D eigenvalue weighted by Gasteiger charge is 2.20. The van der Waals surface area contributed by atoms with E-state index in [0.29, 0.717) is 16.5 Å². The van der Waals surface area contributed by atoms with Crippen LogP contribution in [0, 0.1) is 18.3 Å². The maximum Gasteiger partial charge on any atom is 0.155 e. The van der Waals surface area contributed by atoms with Gasteiger partial charge in [0.1, 0.15) is 23.1 Å². The van der Waals surface area contributed by atoms with Crippen LogP contribution < -0.4 is 5.73 Å². The summed E-state index contributed by atoms with van der Waals surface area (Å²) < 4.78 is 6.82. The molecule has 6 heteroatoms. The van der Waals surface area contributed by atoms with Crippen LogP contribution in [0.1, 0.15) is 11.1 Å². The van der Waals surface area contributed by atoms with Gasteiger partial charge in [-0.15, -0.1) is 0 Å². The van der Waals surface area contributed by atoms with Crippen LogP contribution in [-0.4, -0.2) is 9.78 Å². The van der Waals surface area contributed by atoms with Crippen molar-refractivity contribution in [2.24, 2.45) is 0 Å². The summed E-state index contributed by atoms with van der Waals surface area (Å²) >= 11 is 6.03. The van der Waals surface area contributed by atoms with E-state index in [1.165, 1.54) is 10.9 Å². The van der Waals surface area contributed by atoms with Gasteiger partial charge in [-0.2, -0.15) is 10.4 Å². The number of anilines is 1. The normalized spacial score (nSPS) is 10.5. The maximum absolute atomic E-state index is 9.33. The highest BCUT2D eigenvalue weighted by Crippen LogP contribution is 2.30. The molecule has 0 atom stereocenters. The first kappa shape index (κ1) is 13.3. The molecular weight excluding hydrogens is 288 g/mol. The molecule has 0 aliphatic rings. The molecule has 0 saturated heterocycles. The molecule has 5 nitrogen and oxygen atoms in total. The lowest BCUT2D eigenvalue weighted by Gasteiger charge is -2.08. The molecule has 0 radical (unpaired) electrons. The minimum atomic E-state index is 0.259. The van der Waals surface area contributed by atoms with E-state index in [0.717, 1.165) is 11.3 Å². The Balaban J connectivity index is 2.26. The lowest BCUT2D eigenvalue weighted by atomic mass is 10.2. The molecule has 3 aromatic rings. The summed E-state index contributed by atoms with van der Waals surface area (Å²) in [6.07, 6.45) is 1.52. The number of aromatic nitrogens is 2. The van der Waals surface area contributed by atoms with Crippen molar-refractivity contribution < 1.29 is 4.42 Å². The van der Waals surface area contributed by atoms with Gasteiger partial charge in [0.25, 0.3) is 0 Å². The highest BCUT2D eigenvalue weighted by atomic mass is 35.5. The molecular formula is C15H11ClN4O. The predicted molar refractivity (Wildman–Crippen MR) is 80.1 cm³/mol. The summed E-state index contributed by atoms with van der Waals surface area (Å²) in [4.78, 5) is 0. The Labute approximate surface area is 126 Å². The van der Waals surface area contributed by atoms with Crippen molar-refractivity contribution >= 4 is 17.4 Å². The zero-order valence-electron chi connectivity index (χ0n) is 11.2. The second kappa shape index (κ2) is 5.00. The fourth-order valence-electron chi connectivity index (χ4n) is 2.12. The standard InChI is InChI=1S/C15H11ClN4O/c1-9-4-5-10(16)7-12(9)20-15(18)11(8-17)14(19-20)13-3-2-6-21-13/h2-7H,18H2,1H3. The SMILES string of the molecule is Cc1ccc(Cl)cc1-n1nc(-c2ccco2)c(C#N)c1N. The van der Waals surface area contributed by atoms with Crippen LogP contribution in [0.2, 0.25) is 5.02 Å². The lowest BCUT2D eigenvalue weighted by Crippen LogP contribution is -2.04. The van der Waals surface area contributed by atoms with Crippen molar-refractivity contribution in [2.75, 3.05) is 5.73 Å². The molecule has 0 aliphatic heterocycles. The highest BCUT2D eigenvalue weighted by molar-refractivity contribution is 6.30. The summed E-state index contributed by atoms with van der Waals surface area (Å²) in [6.45, 7) is 1.92. The fourth-order valence-corrected chi connectivity index (χ4v) is 2.29. The number of hydrogen-bond acceptors (Lipinski definition) is 4. The number of benzene rings is 1. The van der Waals surface area contributed by atoms with E-state index < -0.39 is 0 Å². The first-order chi connectivity index (χ1) is 10.1.